The molecule has 1 aromatic carbocycles. The van der Waals surface area contributed by atoms with Crippen molar-refractivity contribution < 1.29 is 4.74 Å². The van der Waals surface area contributed by atoms with Gasteiger partial charge in [-0.25, -0.2) is 0 Å². The van der Waals surface area contributed by atoms with Crippen LogP contribution >= 0.6 is 0 Å². The van der Waals surface area contributed by atoms with Gasteiger partial charge in [0.25, 0.3) is 0 Å². The molecule has 90 valence electrons. The molecule has 0 unspecified atom stereocenters. The van der Waals surface area contributed by atoms with Crippen LogP contribution in [0.25, 0.3) is 11.1 Å². The van der Waals surface area contributed by atoms with E-state index >= 15 is 0 Å². The van der Waals surface area contributed by atoms with Crippen molar-refractivity contribution in [3.05, 3.63) is 42.2 Å². The molecule has 2 rings (SSSR count). The van der Waals surface area contributed by atoms with E-state index in [1.807, 2.05) is 17.1 Å². The second-order valence-electron chi connectivity index (χ2n) is 3.91. The van der Waals surface area contributed by atoms with Crippen molar-refractivity contribution in [1.82, 2.24) is 9.78 Å². The van der Waals surface area contributed by atoms with Gasteiger partial charge in [-0.15, -0.1) is 0 Å². The smallest absolute Gasteiger partial charge is 0.0713 e. The Balaban J connectivity index is 2.15. The number of ether oxygens (including phenoxy) is 1. The topological polar surface area (TPSA) is 53.1 Å². The highest BCUT2D eigenvalue weighted by Gasteiger charge is 2.01. The van der Waals surface area contributed by atoms with Crippen LogP contribution in [0.2, 0.25) is 0 Å². The van der Waals surface area contributed by atoms with Gasteiger partial charge in [-0.3, -0.25) is 4.68 Å². The standard InChI is InChI=1S/C13H17N3O/c1-17-10-11-2-4-12(5-3-11)13-8-15-16(9-13)7-6-14/h2-5,8-9H,6-7,10,14H2,1H3. The van der Waals surface area contributed by atoms with Crippen LogP contribution in [0.1, 0.15) is 5.56 Å². The molecule has 0 bridgehead atoms. The van der Waals surface area contributed by atoms with Crippen molar-refractivity contribution in [1.29, 1.82) is 0 Å². The number of hydrogen-bond acceptors (Lipinski definition) is 3. The molecule has 1 heterocycles. The second-order valence-corrected chi connectivity index (χ2v) is 3.91. The first-order chi connectivity index (χ1) is 8.33. The number of nitrogens with zero attached hydrogens (tertiary/aromatic N) is 2. The summed E-state index contributed by atoms with van der Waals surface area (Å²) in [6, 6.07) is 8.30. The van der Waals surface area contributed by atoms with Gasteiger partial charge < -0.3 is 10.5 Å². The summed E-state index contributed by atoms with van der Waals surface area (Å²) in [5.74, 6) is 0. The number of aromatic nitrogens is 2. The molecule has 0 aliphatic rings. The third-order valence-electron chi connectivity index (χ3n) is 2.59. The van der Waals surface area contributed by atoms with Crippen LogP contribution in [0.5, 0.6) is 0 Å². The SMILES string of the molecule is COCc1ccc(-c2cnn(CCN)c2)cc1. The first-order valence-electron chi connectivity index (χ1n) is 5.64. The lowest BCUT2D eigenvalue weighted by atomic mass is 10.1. The molecule has 2 aromatic rings. The largest absolute Gasteiger partial charge is 0.380 e. The average molecular weight is 231 g/mol. The number of rotatable bonds is 5. The lowest BCUT2D eigenvalue weighted by Crippen LogP contribution is -2.09. The molecule has 2 N–H and O–H groups in total. The van der Waals surface area contributed by atoms with Gasteiger partial charge in [0.2, 0.25) is 0 Å². The Morgan fingerprint density at radius 3 is 2.65 bits per heavy atom. The average Bonchev–Trinajstić information content (AvgIpc) is 2.80. The molecular formula is C13H17N3O. The van der Waals surface area contributed by atoms with Gasteiger partial charge in [0.15, 0.2) is 0 Å². The van der Waals surface area contributed by atoms with E-state index in [0.29, 0.717) is 13.2 Å². The molecule has 4 heteroatoms. The van der Waals surface area contributed by atoms with E-state index in [9.17, 15) is 0 Å². The van der Waals surface area contributed by atoms with Crippen molar-refractivity contribution in [3.63, 3.8) is 0 Å². The van der Waals surface area contributed by atoms with Gasteiger partial charge in [-0.2, -0.15) is 5.10 Å². The highest BCUT2D eigenvalue weighted by atomic mass is 16.5. The third kappa shape index (κ3) is 2.93. The van der Waals surface area contributed by atoms with Crippen LogP contribution in [0.4, 0.5) is 0 Å². The molecule has 0 atom stereocenters. The Labute approximate surface area is 101 Å². The molecule has 0 amide bonds. The van der Waals surface area contributed by atoms with Crippen LogP contribution < -0.4 is 5.73 Å². The van der Waals surface area contributed by atoms with Crippen molar-refractivity contribution in [2.75, 3.05) is 13.7 Å². The maximum Gasteiger partial charge on any atom is 0.0713 e. The number of hydrogen-bond donors (Lipinski definition) is 1. The number of nitrogens with two attached hydrogens (primary N) is 1. The van der Waals surface area contributed by atoms with Gasteiger partial charge >= 0.3 is 0 Å². The Hall–Kier alpha value is -1.65. The summed E-state index contributed by atoms with van der Waals surface area (Å²) >= 11 is 0. The van der Waals surface area contributed by atoms with Crippen LogP contribution in [0.15, 0.2) is 36.7 Å². The minimum atomic E-state index is 0.605. The summed E-state index contributed by atoms with van der Waals surface area (Å²) in [6.07, 6.45) is 3.87. The molecule has 0 radical (unpaired) electrons. The summed E-state index contributed by atoms with van der Waals surface area (Å²) in [5.41, 5.74) is 8.93. The first kappa shape index (κ1) is 11.8. The van der Waals surface area contributed by atoms with Crippen molar-refractivity contribution in [2.24, 2.45) is 5.73 Å². The van der Waals surface area contributed by atoms with E-state index < -0.39 is 0 Å². The van der Waals surface area contributed by atoms with E-state index in [1.165, 1.54) is 5.56 Å². The lowest BCUT2D eigenvalue weighted by molar-refractivity contribution is 0.185. The summed E-state index contributed by atoms with van der Waals surface area (Å²) in [4.78, 5) is 0. The number of benzene rings is 1. The highest BCUT2D eigenvalue weighted by Crippen LogP contribution is 2.19. The first-order valence-corrected chi connectivity index (χ1v) is 5.64. The van der Waals surface area contributed by atoms with Crippen molar-refractivity contribution in [2.45, 2.75) is 13.2 Å². The fraction of sp³-hybridized carbons (Fsp3) is 0.308. The Bertz CT molecular complexity index is 462. The molecular weight excluding hydrogens is 214 g/mol. The maximum atomic E-state index is 5.49. The van der Waals surface area contributed by atoms with Crippen LogP contribution in [-0.4, -0.2) is 23.4 Å². The monoisotopic (exact) mass is 231 g/mol. The van der Waals surface area contributed by atoms with E-state index in [1.54, 1.807) is 7.11 Å². The van der Waals surface area contributed by atoms with Gasteiger partial charge in [0.05, 0.1) is 19.3 Å². The minimum absolute atomic E-state index is 0.605. The van der Waals surface area contributed by atoms with Gasteiger partial charge in [0, 0.05) is 25.4 Å². The van der Waals surface area contributed by atoms with E-state index in [0.717, 1.165) is 17.7 Å². The Morgan fingerprint density at radius 2 is 2.00 bits per heavy atom. The summed E-state index contributed by atoms with van der Waals surface area (Å²) in [7, 11) is 1.70. The molecule has 0 spiro atoms. The predicted molar refractivity (Wildman–Crippen MR) is 67.4 cm³/mol. The summed E-state index contributed by atoms with van der Waals surface area (Å²) in [5, 5.41) is 4.25. The maximum absolute atomic E-state index is 5.49. The van der Waals surface area contributed by atoms with Gasteiger partial charge in [-0.1, -0.05) is 24.3 Å². The van der Waals surface area contributed by atoms with E-state index in [4.69, 9.17) is 10.5 Å². The predicted octanol–water partition coefficient (Wildman–Crippen LogP) is 1.66. The Morgan fingerprint density at radius 1 is 1.24 bits per heavy atom. The molecule has 17 heavy (non-hydrogen) atoms. The molecule has 0 aliphatic carbocycles. The molecule has 0 saturated heterocycles. The molecule has 0 fully saturated rings. The lowest BCUT2D eigenvalue weighted by Gasteiger charge is -2.01. The third-order valence-corrected chi connectivity index (χ3v) is 2.59. The summed E-state index contributed by atoms with van der Waals surface area (Å²) in [6.45, 7) is 2.00. The van der Waals surface area contributed by atoms with Crippen LogP contribution in [-0.2, 0) is 17.9 Å². The van der Waals surface area contributed by atoms with E-state index in [-0.39, 0.29) is 0 Å². The molecule has 4 nitrogen and oxygen atoms in total. The number of methoxy groups -OCH3 is 1. The van der Waals surface area contributed by atoms with Gasteiger partial charge in [0.1, 0.15) is 0 Å². The van der Waals surface area contributed by atoms with Crippen molar-refractivity contribution in [3.8, 4) is 11.1 Å². The van der Waals surface area contributed by atoms with Crippen LogP contribution in [0, 0.1) is 0 Å². The zero-order valence-corrected chi connectivity index (χ0v) is 9.97. The zero-order valence-electron chi connectivity index (χ0n) is 9.97. The zero-order chi connectivity index (χ0) is 12.1. The summed E-state index contributed by atoms with van der Waals surface area (Å²) < 4.78 is 6.94. The van der Waals surface area contributed by atoms with Crippen molar-refractivity contribution >= 4 is 0 Å². The molecule has 1 aromatic heterocycles. The second kappa shape index (κ2) is 5.61. The highest BCUT2D eigenvalue weighted by molar-refractivity contribution is 5.61. The fourth-order valence-corrected chi connectivity index (χ4v) is 1.73. The normalized spacial score (nSPS) is 10.7. The van der Waals surface area contributed by atoms with E-state index in [2.05, 4.69) is 29.4 Å². The fourth-order valence-electron chi connectivity index (χ4n) is 1.73. The van der Waals surface area contributed by atoms with Gasteiger partial charge in [-0.05, 0) is 11.1 Å². The van der Waals surface area contributed by atoms with Crippen LogP contribution in [0.3, 0.4) is 0 Å². The Kier molecular flexibility index (Phi) is 3.90. The molecule has 0 aliphatic heterocycles. The molecule has 0 saturated carbocycles. The quantitative estimate of drug-likeness (QED) is 0.851. The minimum Gasteiger partial charge on any atom is -0.380 e.